The third-order valence-electron chi connectivity index (χ3n) is 6.41. The van der Waals surface area contributed by atoms with E-state index in [0.717, 1.165) is 60.1 Å². The van der Waals surface area contributed by atoms with Gasteiger partial charge in [0.2, 0.25) is 0 Å². The fourth-order valence-electron chi connectivity index (χ4n) is 4.54. The van der Waals surface area contributed by atoms with Crippen molar-refractivity contribution in [3.8, 4) is 11.1 Å². The molecule has 3 aromatic carbocycles. The molecule has 0 spiro atoms. The van der Waals surface area contributed by atoms with E-state index in [9.17, 15) is 9.59 Å². The van der Waals surface area contributed by atoms with E-state index in [1.165, 1.54) is 0 Å². The number of rotatable bonds is 6. The number of nitrogens with two attached hydrogens (primary N) is 1. The van der Waals surface area contributed by atoms with Crippen LogP contribution in [0.25, 0.3) is 32.9 Å². The summed E-state index contributed by atoms with van der Waals surface area (Å²) >= 11 is 12.3. The average molecular weight is 510 g/mol. The van der Waals surface area contributed by atoms with E-state index in [-0.39, 0.29) is 5.91 Å². The molecule has 9 heteroatoms. The zero-order chi connectivity index (χ0) is 24.5. The van der Waals surface area contributed by atoms with Gasteiger partial charge in [0.1, 0.15) is 0 Å². The Bertz CT molecular complexity index is 1440. The van der Waals surface area contributed by atoms with Gasteiger partial charge in [0, 0.05) is 61.1 Å². The summed E-state index contributed by atoms with van der Waals surface area (Å²) < 4.78 is 0. The van der Waals surface area contributed by atoms with Gasteiger partial charge in [-0.1, -0.05) is 29.3 Å². The monoisotopic (exact) mass is 509 g/mol. The number of H-pyrrole nitrogens is 1. The van der Waals surface area contributed by atoms with Crippen molar-refractivity contribution in [3.63, 3.8) is 0 Å². The normalized spacial score (nSPS) is 14.5. The number of halogens is 2. The molecule has 1 aromatic heterocycles. The largest absolute Gasteiger partial charge is 0.366 e. The molecule has 2 amide bonds. The highest BCUT2D eigenvalue weighted by atomic mass is 35.5. The molecule has 0 bridgehead atoms. The highest BCUT2D eigenvalue weighted by Gasteiger charge is 2.17. The molecule has 5 rings (SSSR count). The second-order valence-electron chi connectivity index (χ2n) is 8.67. The lowest BCUT2D eigenvalue weighted by Crippen LogP contribution is -2.46. The summed E-state index contributed by atoms with van der Waals surface area (Å²) in [5.74, 6) is -0.679. The molecule has 0 aliphatic carbocycles. The van der Waals surface area contributed by atoms with Gasteiger partial charge >= 0.3 is 0 Å². The Kier molecular flexibility index (Phi) is 6.67. The molecule has 1 aliphatic heterocycles. The molecular formula is C26H25Cl2N5O2. The van der Waals surface area contributed by atoms with E-state index in [1.54, 1.807) is 24.3 Å². The summed E-state index contributed by atoms with van der Waals surface area (Å²) in [6.07, 6.45) is 0. The number of primary amides is 1. The lowest BCUT2D eigenvalue weighted by Gasteiger charge is -2.27. The van der Waals surface area contributed by atoms with E-state index in [1.807, 2.05) is 24.3 Å². The summed E-state index contributed by atoms with van der Waals surface area (Å²) in [4.78, 5) is 30.8. The number of amides is 2. The maximum Gasteiger partial charge on any atom is 0.251 e. The van der Waals surface area contributed by atoms with Crippen molar-refractivity contribution in [1.29, 1.82) is 0 Å². The molecule has 1 saturated heterocycles. The topological polar surface area (TPSA) is 103 Å². The number of carbonyl (C=O) groups is 2. The van der Waals surface area contributed by atoms with E-state index < -0.39 is 5.91 Å². The number of benzene rings is 3. The van der Waals surface area contributed by atoms with E-state index >= 15 is 0 Å². The van der Waals surface area contributed by atoms with Gasteiger partial charge in [0.15, 0.2) is 0 Å². The predicted octanol–water partition coefficient (Wildman–Crippen LogP) is 4.03. The van der Waals surface area contributed by atoms with Gasteiger partial charge in [-0.3, -0.25) is 14.5 Å². The summed E-state index contributed by atoms with van der Waals surface area (Å²) in [5, 5.41) is 8.84. The smallest absolute Gasteiger partial charge is 0.251 e. The second kappa shape index (κ2) is 9.87. The molecule has 2 heterocycles. The molecule has 0 radical (unpaired) electrons. The van der Waals surface area contributed by atoms with E-state index in [4.69, 9.17) is 28.9 Å². The first-order valence-corrected chi connectivity index (χ1v) is 12.2. The first-order valence-electron chi connectivity index (χ1n) is 11.5. The van der Waals surface area contributed by atoms with Crippen LogP contribution in [-0.4, -0.2) is 61.0 Å². The third kappa shape index (κ3) is 4.86. The van der Waals surface area contributed by atoms with Gasteiger partial charge in [0.05, 0.1) is 21.1 Å². The van der Waals surface area contributed by atoms with Crippen LogP contribution in [0.5, 0.6) is 0 Å². The van der Waals surface area contributed by atoms with Crippen LogP contribution in [-0.2, 0) is 0 Å². The highest BCUT2D eigenvalue weighted by Crippen LogP contribution is 2.35. The Balaban J connectivity index is 1.49. The van der Waals surface area contributed by atoms with Crippen LogP contribution >= 0.6 is 23.2 Å². The third-order valence-corrected chi connectivity index (χ3v) is 7.15. The Labute approximate surface area is 212 Å². The second-order valence-corrected chi connectivity index (χ2v) is 9.49. The molecule has 0 unspecified atom stereocenters. The zero-order valence-electron chi connectivity index (χ0n) is 19.0. The van der Waals surface area contributed by atoms with Crippen molar-refractivity contribution in [2.24, 2.45) is 5.73 Å². The number of nitrogens with one attached hydrogen (secondary N) is 3. The van der Waals surface area contributed by atoms with E-state index in [2.05, 4.69) is 20.5 Å². The predicted molar refractivity (Wildman–Crippen MR) is 141 cm³/mol. The van der Waals surface area contributed by atoms with Gasteiger partial charge < -0.3 is 21.4 Å². The summed E-state index contributed by atoms with van der Waals surface area (Å²) in [5.41, 5.74) is 9.66. The number of carbonyl (C=O) groups excluding carboxylic acids is 2. The summed E-state index contributed by atoms with van der Waals surface area (Å²) in [7, 11) is 0. The molecule has 0 saturated carbocycles. The van der Waals surface area contributed by atoms with Crippen molar-refractivity contribution in [3.05, 3.63) is 69.7 Å². The minimum absolute atomic E-state index is 0.132. The molecule has 4 aromatic rings. The van der Waals surface area contributed by atoms with Gasteiger partial charge in [0.25, 0.3) is 11.8 Å². The summed E-state index contributed by atoms with van der Waals surface area (Å²) in [6, 6.07) is 14.5. The van der Waals surface area contributed by atoms with Gasteiger partial charge in [-0.15, -0.1) is 0 Å². The van der Waals surface area contributed by atoms with Gasteiger partial charge in [-0.05, 0) is 53.6 Å². The average Bonchev–Trinajstić information content (AvgIpc) is 3.23. The maximum absolute atomic E-state index is 12.9. The Morgan fingerprint density at radius 1 is 0.943 bits per heavy atom. The standard InChI is InChI=1S/C26H25Cl2N5O2/c27-21-3-1-15(14-22(21)28)17-12-19-18-11-16(26(35)31-7-10-33-8-5-30-6-9-33)2-4-23(18)32-24(19)20(13-17)25(29)34/h1-4,11-14,30,32H,5-10H2,(H2,29,34)(H,31,35). The van der Waals surface area contributed by atoms with Crippen LogP contribution in [0.4, 0.5) is 0 Å². The van der Waals surface area contributed by atoms with Crippen LogP contribution < -0.4 is 16.4 Å². The van der Waals surface area contributed by atoms with Crippen LogP contribution in [0.15, 0.2) is 48.5 Å². The number of aromatic nitrogens is 1. The number of aromatic amines is 1. The number of nitrogens with zero attached hydrogens (tertiary/aromatic N) is 1. The van der Waals surface area contributed by atoms with Crippen molar-refractivity contribution in [1.82, 2.24) is 20.5 Å². The zero-order valence-corrected chi connectivity index (χ0v) is 20.5. The molecule has 5 N–H and O–H groups in total. The quantitative estimate of drug-likeness (QED) is 0.315. The molecule has 1 fully saturated rings. The Morgan fingerprint density at radius 2 is 1.74 bits per heavy atom. The molecule has 180 valence electrons. The van der Waals surface area contributed by atoms with Crippen molar-refractivity contribution >= 4 is 56.8 Å². The number of hydrogen-bond donors (Lipinski definition) is 4. The lowest BCUT2D eigenvalue weighted by atomic mass is 9.98. The van der Waals surface area contributed by atoms with Crippen molar-refractivity contribution in [2.75, 3.05) is 39.3 Å². The van der Waals surface area contributed by atoms with Crippen LogP contribution in [0.1, 0.15) is 20.7 Å². The molecule has 1 aliphatic rings. The maximum atomic E-state index is 12.9. The Morgan fingerprint density at radius 3 is 2.49 bits per heavy atom. The van der Waals surface area contributed by atoms with Gasteiger partial charge in [-0.25, -0.2) is 0 Å². The minimum atomic E-state index is -0.547. The van der Waals surface area contributed by atoms with Crippen LogP contribution in [0, 0.1) is 0 Å². The van der Waals surface area contributed by atoms with E-state index in [0.29, 0.717) is 33.2 Å². The number of piperazine rings is 1. The van der Waals surface area contributed by atoms with Gasteiger partial charge in [-0.2, -0.15) is 0 Å². The van der Waals surface area contributed by atoms with Crippen LogP contribution in [0.3, 0.4) is 0 Å². The lowest BCUT2D eigenvalue weighted by molar-refractivity contribution is 0.0946. The fourth-order valence-corrected chi connectivity index (χ4v) is 4.84. The number of fused-ring (bicyclic) bond motifs is 3. The summed E-state index contributed by atoms with van der Waals surface area (Å²) in [6.45, 7) is 5.32. The molecular weight excluding hydrogens is 485 g/mol. The Hall–Kier alpha value is -3.10. The van der Waals surface area contributed by atoms with Crippen molar-refractivity contribution < 1.29 is 9.59 Å². The first-order chi connectivity index (χ1) is 16.9. The van der Waals surface area contributed by atoms with Crippen molar-refractivity contribution in [2.45, 2.75) is 0 Å². The van der Waals surface area contributed by atoms with Crippen LogP contribution in [0.2, 0.25) is 10.0 Å². The highest BCUT2D eigenvalue weighted by molar-refractivity contribution is 6.42. The molecule has 0 atom stereocenters. The molecule has 7 nitrogen and oxygen atoms in total. The first kappa shape index (κ1) is 23.6. The SMILES string of the molecule is NC(=O)c1cc(-c2ccc(Cl)c(Cl)c2)cc2c1[nH]c1ccc(C(=O)NCCN3CCNCC3)cc12. The minimum Gasteiger partial charge on any atom is -0.366 e. The molecule has 35 heavy (non-hydrogen) atoms. The number of hydrogen-bond acceptors (Lipinski definition) is 4. The fraction of sp³-hybridized carbons (Fsp3) is 0.231.